The van der Waals surface area contributed by atoms with Gasteiger partial charge in [0.05, 0.1) is 23.2 Å². The molecule has 0 radical (unpaired) electrons. The van der Waals surface area contributed by atoms with Crippen LogP contribution in [0.1, 0.15) is 17.8 Å². The van der Waals surface area contributed by atoms with E-state index in [1.165, 1.54) is 0 Å². The molecule has 1 aromatic heterocycles. The van der Waals surface area contributed by atoms with E-state index in [4.69, 9.17) is 4.74 Å². The molecule has 27 heavy (non-hydrogen) atoms. The Balaban J connectivity index is 1.45. The average Bonchev–Trinajstić information content (AvgIpc) is 3.17. The highest BCUT2D eigenvalue weighted by molar-refractivity contribution is 7.09. The van der Waals surface area contributed by atoms with Gasteiger partial charge < -0.3 is 15.0 Å². The van der Waals surface area contributed by atoms with Gasteiger partial charge in [0.25, 0.3) is 0 Å². The molecule has 1 aliphatic heterocycles. The van der Waals surface area contributed by atoms with Crippen LogP contribution in [0.3, 0.4) is 0 Å². The summed E-state index contributed by atoms with van der Waals surface area (Å²) < 4.78 is 5.04. The van der Waals surface area contributed by atoms with Crippen LogP contribution in [0.15, 0.2) is 35.7 Å². The minimum absolute atomic E-state index is 0.0183. The van der Waals surface area contributed by atoms with Crippen molar-refractivity contribution < 1.29 is 14.3 Å². The lowest BCUT2D eigenvalue weighted by molar-refractivity contribution is -0.138. The van der Waals surface area contributed by atoms with E-state index >= 15 is 0 Å². The Hall–Kier alpha value is -2.25. The number of hydrogen-bond acceptors (Lipinski definition) is 5. The van der Waals surface area contributed by atoms with Crippen molar-refractivity contribution in [2.75, 3.05) is 33.4 Å². The third-order valence-corrected chi connectivity index (χ3v) is 5.60. The molecule has 1 fully saturated rings. The molecule has 1 atom stereocenters. The topological polar surface area (TPSA) is 71.5 Å². The number of aromatic nitrogens is 1. The Kier molecular flexibility index (Phi) is 6.95. The highest BCUT2D eigenvalue weighted by Crippen LogP contribution is 2.22. The van der Waals surface area contributed by atoms with Gasteiger partial charge in [-0.3, -0.25) is 9.59 Å². The molecule has 1 aromatic carbocycles. The molecule has 1 aliphatic rings. The number of nitrogens with zero attached hydrogens (tertiary/aromatic N) is 2. The lowest BCUT2D eigenvalue weighted by Crippen LogP contribution is -2.47. The number of thiazole rings is 1. The summed E-state index contributed by atoms with van der Waals surface area (Å²) >= 11 is 1.61. The third kappa shape index (κ3) is 5.37. The van der Waals surface area contributed by atoms with Crippen molar-refractivity contribution in [1.29, 1.82) is 0 Å². The zero-order chi connectivity index (χ0) is 19.1. The lowest BCUT2D eigenvalue weighted by Gasteiger charge is -2.31. The van der Waals surface area contributed by atoms with Crippen LogP contribution < -0.4 is 5.32 Å². The maximum Gasteiger partial charge on any atom is 0.224 e. The number of benzene rings is 1. The second-order valence-corrected chi connectivity index (χ2v) is 7.54. The molecule has 0 aliphatic carbocycles. The van der Waals surface area contributed by atoms with Gasteiger partial charge in [-0.15, -0.1) is 11.3 Å². The number of amides is 2. The Morgan fingerprint density at radius 1 is 1.37 bits per heavy atom. The molecule has 1 saturated heterocycles. The van der Waals surface area contributed by atoms with Crippen LogP contribution in [-0.4, -0.2) is 55.0 Å². The molecule has 2 aromatic rings. The summed E-state index contributed by atoms with van der Waals surface area (Å²) in [6.45, 7) is 2.07. The molecule has 0 saturated carbocycles. The molecule has 2 amide bonds. The zero-order valence-corrected chi connectivity index (χ0v) is 16.3. The molecule has 1 N–H and O–H groups in total. The van der Waals surface area contributed by atoms with Gasteiger partial charge in [0.1, 0.15) is 0 Å². The fourth-order valence-electron chi connectivity index (χ4n) is 3.15. The number of nitrogens with one attached hydrogen (secondary N) is 1. The van der Waals surface area contributed by atoms with Crippen molar-refractivity contribution in [3.63, 3.8) is 0 Å². The van der Waals surface area contributed by atoms with Crippen LogP contribution in [0.4, 0.5) is 0 Å². The van der Waals surface area contributed by atoms with Gasteiger partial charge in [0, 0.05) is 50.5 Å². The number of piperidine rings is 1. The van der Waals surface area contributed by atoms with Gasteiger partial charge in [-0.05, 0) is 6.42 Å². The van der Waals surface area contributed by atoms with Crippen molar-refractivity contribution >= 4 is 23.2 Å². The second-order valence-electron chi connectivity index (χ2n) is 6.60. The highest BCUT2D eigenvalue weighted by Gasteiger charge is 2.29. The first kappa shape index (κ1) is 19.5. The first-order valence-corrected chi connectivity index (χ1v) is 10.1. The lowest BCUT2D eigenvalue weighted by atomic mass is 9.96. The fraction of sp³-hybridized carbons (Fsp3) is 0.450. The number of carbonyl (C=O) groups is 2. The largest absolute Gasteiger partial charge is 0.383 e. The summed E-state index contributed by atoms with van der Waals surface area (Å²) in [6.07, 6.45) is 1.75. The smallest absolute Gasteiger partial charge is 0.224 e. The van der Waals surface area contributed by atoms with Gasteiger partial charge >= 0.3 is 0 Å². The SMILES string of the molecule is COCCN1CC(C(=O)NCCc2nc(-c3ccccc3)cs2)CCC1=O. The van der Waals surface area contributed by atoms with Gasteiger partial charge in [0.2, 0.25) is 11.8 Å². The molecular formula is C20H25N3O3S. The maximum atomic E-state index is 12.4. The predicted molar refractivity (Wildman–Crippen MR) is 105 cm³/mol. The van der Waals surface area contributed by atoms with Crippen LogP contribution >= 0.6 is 11.3 Å². The van der Waals surface area contributed by atoms with E-state index in [1.807, 2.05) is 35.7 Å². The predicted octanol–water partition coefficient (Wildman–Crippen LogP) is 2.35. The minimum atomic E-state index is -0.143. The summed E-state index contributed by atoms with van der Waals surface area (Å²) in [7, 11) is 1.61. The van der Waals surface area contributed by atoms with Gasteiger partial charge in [-0.25, -0.2) is 4.98 Å². The summed E-state index contributed by atoms with van der Waals surface area (Å²) in [5.41, 5.74) is 2.08. The number of ether oxygens (including phenoxy) is 1. The molecule has 144 valence electrons. The van der Waals surface area contributed by atoms with E-state index in [1.54, 1.807) is 23.3 Å². The van der Waals surface area contributed by atoms with Gasteiger partial charge in [-0.2, -0.15) is 0 Å². The highest BCUT2D eigenvalue weighted by atomic mass is 32.1. The molecule has 2 heterocycles. The molecule has 3 rings (SSSR count). The van der Waals surface area contributed by atoms with E-state index in [9.17, 15) is 9.59 Å². The molecular weight excluding hydrogens is 362 g/mol. The summed E-state index contributed by atoms with van der Waals surface area (Å²) in [5, 5.41) is 6.06. The minimum Gasteiger partial charge on any atom is -0.383 e. The van der Waals surface area contributed by atoms with Crippen molar-refractivity contribution in [1.82, 2.24) is 15.2 Å². The Morgan fingerprint density at radius 3 is 2.96 bits per heavy atom. The van der Waals surface area contributed by atoms with Gasteiger partial charge in [0.15, 0.2) is 0 Å². The van der Waals surface area contributed by atoms with Crippen LogP contribution in [0.2, 0.25) is 0 Å². The monoisotopic (exact) mass is 387 g/mol. The zero-order valence-electron chi connectivity index (χ0n) is 15.5. The van der Waals surface area contributed by atoms with Crippen molar-refractivity contribution in [3.05, 3.63) is 40.7 Å². The molecule has 7 heteroatoms. The summed E-state index contributed by atoms with van der Waals surface area (Å²) in [6, 6.07) is 10.1. The summed E-state index contributed by atoms with van der Waals surface area (Å²) in [5.74, 6) is -0.0205. The van der Waals surface area contributed by atoms with E-state index in [2.05, 4.69) is 10.3 Å². The first-order chi connectivity index (χ1) is 13.2. The van der Waals surface area contributed by atoms with Crippen LogP contribution in [-0.2, 0) is 20.7 Å². The van der Waals surface area contributed by atoms with Crippen molar-refractivity contribution in [2.24, 2.45) is 5.92 Å². The van der Waals surface area contributed by atoms with E-state index in [-0.39, 0.29) is 17.7 Å². The molecule has 0 bridgehead atoms. The number of carbonyl (C=O) groups excluding carboxylic acids is 2. The average molecular weight is 388 g/mol. The Bertz CT molecular complexity index is 763. The number of hydrogen-bond donors (Lipinski definition) is 1. The molecule has 1 unspecified atom stereocenters. The van der Waals surface area contributed by atoms with E-state index in [0.717, 1.165) is 16.3 Å². The van der Waals surface area contributed by atoms with Crippen LogP contribution in [0.5, 0.6) is 0 Å². The van der Waals surface area contributed by atoms with Crippen molar-refractivity contribution in [2.45, 2.75) is 19.3 Å². The van der Waals surface area contributed by atoms with Crippen LogP contribution in [0.25, 0.3) is 11.3 Å². The Labute approximate surface area is 163 Å². The Morgan fingerprint density at radius 2 is 2.19 bits per heavy atom. The molecule has 0 spiro atoms. The maximum absolute atomic E-state index is 12.4. The third-order valence-electron chi connectivity index (χ3n) is 4.70. The number of likely N-dealkylation sites (tertiary alicyclic amines) is 1. The summed E-state index contributed by atoms with van der Waals surface area (Å²) in [4.78, 5) is 30.7. The number of methoxy groups -OCH3 is 1. The van der Waals surface area contributed by atoms with Crippen molar-refractivity contribution in [3.8, 4) is 11.3 Å². The second kappa shape index (κ2) is 9.62. The fourth-order valence-corrected chi connectivity index (χ4v) is 3.96. The normalized spacial score (nSPS) is 17.1. The van der Waals surface area contributed by atoms with E-state index < -0.39 is 0 Å². The standard InChI is InChI=1S/C20H25N3O3S/c1-26-12-11-23-13-16(7-8-19(23)24)20(25)21-10-9-18-22-17(14-27-18)15-5-3-2-4-6-15/h2-6,14,16H,7-13H2,1H3,(H,21,25). The quantitative estimate of drug-likeness (QED) is 0.755. The van der Waals surface area contributed by atoms with E-state index in [0.29, 0.717) is 45.5 Å². The van der Waals surface area contributed by atoms with Gasteiger partial charge in [-0.1, -0.05) is 30.3 Å². The number of rotatable bonds is 8. The molecule has 6 nitrogen and oxygen atoms in total. The van der Waals surface area contributed by atoms with Crippen LogP contribution in [0, 0.1) is 5.92 Å². The first-order valence-electron chi connectivity index (χ1n) is 9.21.